The second kappa shape index (κ2) is 10.3. The molecular formula is C25H28N2O3S. The SMILES string of the molecule is Cc1cc(C)cc(N(CC(=O)NCCCc2ccccc2)S(=O)(=O)c2ccccc2)c1. The van der Waals surface area contributed by atoms with Crippen LogP contribution in [0.15, 0.2) is 83.8 Å². The quantitative estimate of drug-likeness (QED) is 0.510. The monoisotopic (exact) mass is 436 g/mol. The summed E-state index contributed by atoms with van der Waals surface area (Å²) in [5.41, 5.74) is 3.57. The zero-order valence-corrected chi connectivity index (χ0v) is 18.7. The minimum atomic E-state index is -3.88. The number of benzene rings is 3. The predicted molar refractivity (Wildman–Crippen MR) is 125 cm³/mol. The lowest BCUT2D eigenvalue weighted by atomic mass is 10.1. The first-order chi connectivity index (χ1) is 14.9. The fraction of sp³-hybridized carbons (Fsp3) is 0.240. The second-order valence-corrected chi connectivity index (χ2v) is 9.47. The minimum absolute atomic E-state index is 0.158. The summed E-state index contributed by atoms with van der Waals surface area (Å²) in [6.45, 7) is 4.03. The maximum absolute atomic E-state index is 13.4. The van der Waals surface area contributed by atoms with Crippen LogP contribution in [0.25, 0.3) is 0 Å². The van der Waals surface area contributed by atoms with Crippen molar-refractivity contribution in [3.05, 3.63) is 95.6 Å². The smallest absolute Gasteiger partial charge is 0.264 e. The highest BCUT2D eigenvalue weighted by atomic mass is 32.2. The van der Waals surface area contributed by atoms with Crippen LogP contribution in [0.5, 0.6) is 0 Å². The highest BCUT2D eigenvalue weighted by Crippen LogP contribution is 2.25. The Morgan fingerprint density at radius 2 is 1.45 bits per heavy atom. The van der Waals surface area contributed by atoms with E-state index in [1.165, 1.54) is 9.87 Å². The van der Waals surface area contributed by atoms with Crippen molar-refractivity contribution in [3.63, 3.8) is 0 Å². The van der Waals surface area contributed by atoms with Crippen molar-refractivity contribution in [1.29, 1.82) is 0 Å². The number of hydrogen-bond acceptors (Lipinski definition) is 3. The van der Waals surface area contributed by atoms with Gasteiger partial charge in [0.15, 0.2) is 0 Å². The molecule has 0 spiro atoms. The van der Waals surface area contributed by atoms with E-state index in [0.717, 1.165) is 24.0 Å². The molecule has 0 fully saturated rings. The molecule has 0 bridgehead atoms. The molecule has 6 heteroatoms. The Bertz CT molecular complexity index is 1090. The van der Waals surface area contributed by atoms with Crippen LogP contribution in [0.1, 0.15) is 23.1 Å². The molecule has 0 radical (unpaired) electrons. The normalized spacial score (nSPS) is 11.2. The zero-order valence-electron chi connectivity index (χ0n) is 17.9. The van der Waals surface area contributed by atoms with Crippen molar-refractivity contribution in [2.45, 2.75) is 31.6 Å². The van der Waals surface area contributed by atoms with E-state index in [0.29, 0.717) is 12.2 Å². The van der Waals surface area contributed by atoms with Crippen molar-refractivity contribution >= 4 is 21.6 Å². The summed E-state index contributed by atoms with van der Waals surface area (Å²) in [7, 11) is -3.88. The Hall–Kier alpha value is -3.12. The summed E-state index contributed by atoms with van der Waals surface area (Å²) < 4.78 is 27.9. The molecule has 1 N–H and O–H groups in total. The molecule has 3 rings (SSSR count). The van der Waals surface area contributed by atoms with Gasteiger partial charge >= 0.3 is 0 Å². The first-order valence-corrected chi connectivity index (χ1v) is 11.8. The van der Waals surface area contributed by atoms with Gasteiger partial charge in [0, 0.05) is 6.54 Å². The third-order valence-corrected chi connectivity index (χ3v) is 6.71. The molecular weight excluding hydrogens is 408 g/mol. The topological polar surface area (TPSA) is 66.5 Å². The predicted octanol–water partition coefficient (Wildman–Crippen LogP) is 4.25. The number of anilines is 1. The Labute approximate surface area is 184 Å². The average Bonchev–Trinajstić information content (AvgIpc) is 2.75. The summed E-state index contributed by atoms with van der Waals surface area (Å²) in [5.74, 6) is -0.327. The van der Waals surface area contributed by atoms with Crippen molar-refractivity contribution in [2.75, 3.05) is 17.4 Å². The highest BCUT2D eigenvalue weighted by molar-refractivity contribution is 7.92. The van der Waals surface area contributed by atoms with E-state index in [4.69, 9.17) is 0 Å². The lowest BCUT2D eigenvalue weighted by molar-refractivity contribution is -0.119. The van der Waals surface area contributed by atoms with Gasteiger partial charge in [0.1, 0.15) is 6.54 Å². The molecule has 0 heterocycles. The van der Waals surface area contributed by atoms with E-state index in [1.54, 1.807) is 42.5 Å². The van der Waals surface area contributed by atoms with Crippen LogP contribution in [0, 0.1) is 13.8 Å². The van der Waals surface area contributed by atoms with Crippen LogP contribution in [-0.2, 0) is 21.2 Å². The maximum atomic E-state index is 13.4. The van der Waals surface area contributed by atoms with Gasteiger partial charge in [0.05, 0.1) is 10.6 Å². The number of nitrogens with zero attached hydrogens (tertiary/aromatic N) is 1. The summed E-state index contributed by atoms with van der Waals surface area (Å²) in [6, 6.07) is 23.8. The minimum Gasteiger partial charge on any atom is -0.355 e. The lowest BCUT2D eigenvalue weighted by Gasteiger charge is -2.25. The number of carbonyl (C=O) groups excluding carboxylic acids is 1. The fourth-order valence-corrected chi connectivity index (χ4v) is 4.91. The van der Waals surface area contributed by atoms with Crippen LogP contribution in [0.3, 0.4) is 0 Å². The van der Waals surface area contributed by atoms with E-state index < -0.39 is 10.0 Å². The van der Waals surface area contributed by atoms with Gasteiger partial charge in [-0.05, 0) is 67.6 Å². The van der Waals surface area contributed by atoms with Crippen LogP contribution in [0.2, 0.25) is 0 Å². The molecule has 31 heavy (non-hydrogen) atoms. The molecule has 0 saturated heterocycles. The Kier molecular flexibility index (Phi) is 7.47. The van der Waals surface area contributed by atoms with Crippen LogP contribution < -0.4 is 9.62 Å². The molecule has 0 aliphatic carbocycles. The number of amides is 1. The van der Waals surface area contributed by atoms with Crippen molar-refractivity contribution < 1.29 is 13.2 Å². The van der Waals surface area contributed by atoms with Crippen molar-refractivity contribution in [2.24, 2.45) is 0 Å². The molecule has 0 aliphatic heterocycles. The Morgan fingerprint density at radius 3 is 2.06 bits per heavy atom. The van der Waals surface area contributed by atoms with E-state index >= 15 is 0 Å². The molecule has 3 aromatic carbocycles. The zero-order chi connectivity index (χ0) is 22.3. The number of aryl methyl sites for hydroxylation is 3. The first-order valence-electron chi connectivity index (χ1n) is 10.3. The molecule has 1 amide bonds. The van der Waals surface area contributed by atoms with E-state index in [-0.39, 0.29) is 17.3 Å². The molecule has 162 valence electrons. The first kappa shape index (κ1) is 22.6. The number of hydrogen-bond donors (Lipinski definition) is 1. The van der Waals surface area contributed by atoms with Crippen LogP contribution in [-0.4, -0.2) is 27.4 Å². The van der Waals surface area contributed by atoms with Crippen LogP contribution in [0.4, 0.5) is 5.69 Å². The standard InChI is InChI=1S/C25H28N2O3S/c1-20-16-21(2)18-23(17-20)27(31(29,30)24-13-7-4-8-14-24)19-25(28)26-15-9-12-22-10-5-3-6-11-22/h3-8,10-11,13-14,16-18H,9,12,15,19H2,1-2H3,(H,26,28). The molecule has 5 nitrogen and oxygen atoms in total. The third-order valence-electron chi connectivity index (χ3n) is 4.92. The highest BCUT2D eigenvalue weighted by Gasteiger charge is 2.27. The molecule has 0 saturated carbocycles. The largest absolute Gasteiger partial charge is 0.355 e. The van der Waals surface area contributed by atoms with Crippen LogP contribution >= 0.6 is 0 Å². The van der Waals surface area contributed by atoms with Gasteiger partial charge in [0.25, 0.3) is 10.0 Å². The number of sulfonamides is 1. The van der Waals surface area contributed by atoms with E-state index in [2.05, 4.69) is 17.4 Å². The Morgan fingerprint density at radius 1 is 0.871 bits per heavy atom. The summed E-state index contributed by atoms with van der Waals surface area (Å²) in [6.07, 6.45) is 1.63. The summed E-state index contributed by atoms with van der Waals surface area (Å²) in [5, 5.41) is 2.86. The summed E-state index contributed by atoms with van der Waals surface area (Å²) >= 11 is 0. The molecule has 3 aromatic rings. The molecule has 0 unspecified atom stereocenters. The van der Waals surface area contributed by atoms with Gasteiger partial charge < -0.3 is 5.32 Å². The van der Waals surface area contributed by atoms with Gasteiger partial charge in [-0.1, -0.05) is 54.6 Å². The Balaban J connectivity index is 1.74. The van der Waals surface area contributed by atoms with Gasteiger partial charge in [-0.15, -0.1) is 0 Å². The molecule has 0 aliphatic rings. The lowest BCUT2D eigenvalue weighted by Crippen LogP contribution is -2.41. The number of nitrogens with one attached hydrogen (secondary N) is 1. The molecule has 0 aromatic heterocycles. The van der Waals surface area contributed by atoms with Gasteiger partial charge in [-0.25, -0.2) is 8.42 Å². The van der Waals surface area contributed by atoms with Gasteiger partial charge in [0.2, 0.25) is 5.91 Å². The average molecular weight is 437 g/mol. The van der Waals surface area contributed by atoms with E-state index in [1.807, 2.05) is 38.1 Å². The number of rotatable bonds is 9. The van der Waals surface area contributed by atoms with Gasteiger partial charge in [-0.2, -0.15) is 0 Å². The third kappa shape index (κ3) is 6.18. The van der Waals surface area contributed by atoms with Crippen molar-refractivity contribution in [1.82, 2.24) is 5.32 Å². The second-order valence-electron chi connectivity index (χ2n) is 7.61. The number of carbonyl (C=O) groups is 1. The maximum Gasteiger partial charge on any atom is 0.264 e. The van der Waals surface area contributed by atoms with Gasteiger partial charge in [-0.3, -0.25) is 9.10 Å². The summed E-state index contributed by atoms with van der Waals surface area (Å²) in [4.78, 5) is 12.8. The molecule has 0 atom stereocenters. The van der Waals surface area contributed by atoms with Crippen molar-refractivity contribution in [3.8, 4) is 0 Å². The fourth-order valence-electron chi connectivity index (χ4n) is 3.48. The van der Waals surface area contributed by atoms with E-state index in [9.17, 15) is 13.2 Å².